The first kappa shape index (κ1) is 19.4. The number of hydrogen-bond donors (Lipinski definition) is 2. The van der Waals surface area contributed by atoms with Crippen molar-refractivity contribution in [3.63, 3.8) is 0 Å². The van der Waals surface area contributed by atoms with Crippen LogP contribution in [0.3, 0.4) is 0 Å². The molecule has 3 rings (SSSR count). The van der Waals surface area contributed by atoms with Crippen molar-refractivity contribution in [1.82, 2.24) is 5.32 Å². The van der Waals surface area contributed by atoms with Crippen molar-refractivity contribution in [1.29, 1.82) is 0 Å². The monoisotopic (exact) mass is 362 g/mol. The van der Waals surface area contributed by atoms with Crippen LogP contribution in [0.25, 0.3) is 0 Å². The maximum atomic E-state index is 13.2. The summed E-state index contributed by atoms with van der Waals surface area (Å²) in [6, 6.07) is 15.7. The zero-order valence-electron chi connectivity index (χ0n) is 14.0. The zero-order chi connectivity index (χ0) is 16.9. The first-order chi connectivity index (χ1) is 11.6. The van der Waals surface area contributed by atoms with Crippen LogP contribution in [0.2, 0.25) is 0 Å². The van der Waals surface area contributed by atoms with Gasteiger partial charge in [-0.1, -0.05) is 48.9 Å². The highest BCUT2D eigenvalue weighted by atomic mass is 35.5. The van der Waals surface area contributed by atoms with E-state index < -0.39 is 0 Å². The second-order valence-electron chi connectivity index (χ2n) is 6.51. The third-order valence-corrected chi connectivity index (χ3v) is 4.80. The third-order valence-electron chi connectivity index (χ3n) is 4.80. The molecule has 1 saturated carbocycles. The van der Waals surface area contributed by atoms with Crippen LogP contribution in [0, 0.1) is 11.7 Å². The molecule has 134 valence electrons. The molecule has 0 bridgehead atoms. The molecule has 2 unspecified atom stereocenters. The van der Waals surface area contributed by atoms with Crippen LogP contribution in [-0.2, 0) is 4.79 Å². The lowest BCUT2D eigenvalue weighted by atomic mass is 9.77. The molecule has 2 aromatic carbocycles. The Bertz CT molecular complexity index is 674. The van der Waals surface area contributed by atoms with Gasteiger partial charge in [-0.2, -0.15) is 0 Å². The molecule has 3 N–H and O–H groups in total. The van der Waals surface area contributed by atoms with Gasteiger partial charge in [-0.25, -0.2) is 4.39 Å². The zero-order valence-corrected chi connectivity index (χ0v) is 14.8. The van der Waals surface area contributed by atoms with E-state index >= 15 is 0 Å². The number of carbonyl (C=O) groups is 1. The summed E-state index contributed by atoms with van der Waals surface area (Å²) in [6.07, 6.45) is 3.61. The van der Waals surface area contributed by atoms with Gasteiger partial charge in [0.1, 0.15) is 5.82 Å². The SMILES string of the molecule is Cl.NC(CC(=O)NC(c1ccc(F)cc1)C1CCC1)c1ccccc1. The summed E-state index contributed by atoms with van der Waals surface area (Å²) in [5.74, 6) is 0.100. The Balaban J connectivity index is 0.00000225. The number of amides is 1. The summed E-state index contributed by atoms with van der Waals surface area (Å²) >= 11 is 0. The Morgan fingerprint density at radius 2 is 1.72 bits per heavy atom. The first-order valence-corrected chi connectivity index (χ1v) is 8.49. The minimum atomic E-state index is -0.318. The Hall–Kier alpha value is -1.91. The van der Waals surface area contributed by atoms with Crippen LogP contribution in [0.4, 0.5) is 4.39 Å². The van der Waals surface area contributed by atoms with E-state index in [2.05, 4.69) is 5.32 Å². The van der Waals surface area contributed by atoms with Crippen molar-refractivity contribution in [3.05, 3.63) is 71.5 Å². The van der Waals surface area contributed by atoms with Crippen molar-refractivity contribution in [3.8, 4) is 0 Å². The highest BCUT2D eigenvalue weighted by Gasteiger charge is 2.30. The summed E-state index contributed by atoms with van der Waals surface area (Å²) in [6.45, 7) is 0. The largest absolute Gasteiger partial charge is 0.349 e. The van der Waals surface area contributed by atoms with Gasteiger partial charge in [0.2, 0.25) is 5.91 Å². The van der Waals surface area contributed by atoms with E-state index in [9.17, 15) is 9.18 Å². The molecule has 1 aliphatic rings. The molecular weight excluding hydrogens is 339 g/mol. The van der Waals surface area contributed by atoms with Gasteiger partial charge in [0.05, 0.1) is 6.04 Å². The summed E-state index contributed by atoms with van der Waals surface area (Å²) in [4.78, 5) is 12.5. The van der Waals surface area contributed by atoms with E-state index in [-0.39, 0.29) is 42.6 Å². The molecule has 3 nitrogen and oxygen atoms in total. The second kappa shape index (κ2) is 8.97. The number of benzene rings is 2. The molecule has 1 aliphatic carbocycles. The minimum absolute atomic E-state index is 0. The summed E-state index contributed by atoms with van der Waals surface area (Å²) in [5, 5.41) is 3.11. The second-order valence-corrected chi connectivity index (χ2v) is 6.51. The maximum Gasteiger partial charge on any atom is 0.222 e. The van der Waals surface area contributed by atoms with E-state index in [1.54, 1.807) is 12.1 Å². The summed E-state index contributed by atoms with van der Waals surface area (Å²) in [5.41, 5.74) is 8.06. The average molecular weight is 363 g/mol. The molecule has 2 aromatic rings. The van der Waals surface area contributed by atoms with Gasteiger partial charge in [-0.05, 0) is 42.0 Å². The van der Waals surface area contributed by atoms with E-state index in [1.165, 1.54) is 18.6 Å². The van der Waals surface area contributed by atoms with Crippen molar-refractivity contribution in [2.45, 2.75) is 37.8 Å². The fourth-order valence-corrected chi connectivity index (χ4v) is 3.17. The van der Waals surface area contributed by atoms with Gasteiger partial charge in [-0.15, -0.1) is 12.4 Å². The van der Waals surface area contributed by atoms with E-state index in [4.69, 9.17) is 5.73 Å². The van der Waals surface area contributed by atoms with E-state index in [0.29, 0.717) is 5.92 Å². The van der Waals surface area contributed by atoms with E-state index in [1.807, 2.05) is 30.3 Å². The minimum Gasteiger partial charge on any atom is -0.349 e. The van der Waals surface area contributed by atoms with Gasteiger partial charge in [0.25, 0.3) is 0 Å². The predicted octanol–water partition coefficient (Wildman–Crippen LogP) is 4.30. The smallest absolute Gasteiger partial charge is 0.222 e. The van der Waals surface area contributed by atoms with Crippen molar-refractivity contribution in [2.75, 3.05) is 0 Å². The standard InChI is InChI=1S/C20H23FN2O.ClH/c21-17-11-9-16(10-12-17)20(15-7-4-8-15)23-19(24)13-18(22)14-5-2-1-3-6-14;/h1-3,5-6,9-12,15,18,20H,4,7-8,13,22H2,(H,23,24);1H. The quantitative estimate of drug-likeness (QED) is 0.805. The summed E-state index contributed by atoms with van der Waals surface area (Å²) in [7, 11) is 0. The average Bonchev–Trinajstić information content (AvgIpc) is 2.54. The predicted molar refractivity (Wildman–Crippen MR) is 99.9 cm³/mol. The Morgan fingerprint density at radius 3 is 2.28 bits per heavy atom. The third kappa shape index (κ3) is 5.03. The Morgan fingerprint density at radius 1 is 1.08 bits per heavy atom. The fraction of sp³-hybridized carbons (Fsp3) is 0.350. The first-order valence-electron chi connectivity index (χ1n) is 8.49. The van der Waals surface area contributed by atoms with Gasteiger partial charge in [0, 0.05) is 12.5 Å². The van der Waals surface area contributed by atoms with Crippen LogP contribution in [0.15, 0.2) is 54.6 Å². The van der Waals surface area contributed by atoms with Crippen LogP contribution in [0.1, 0.15) is 48.9 Å². The van der Waals surface area contributed by atoms with Crippen LogP contribution < -0.4 is 11.1 Å². The highest BCUT2D eigenvalue weighted by Crippen LogP contribution is 2.37. The van der Waals surface area contributed by atoms with Crippen molar-refractivity contribution in [2.24, 2.45) is 11.7 Å². The lowest BCUT2D eigenvalue weighted by Gasteiger charge is -2.35. The number of carbonyl (C=O) groups excluding carboxylic acids is 1. The van der Waals surface area contributed by atoms with E-state index in [0.717, 1.165) is 24.0 Å². The molecule has 0 saturated heterocycles. The molecule has 0 aromatic heterocycles. The number of hydrogen-bond acceptors (Lipinski definition) is 2. The van der Waals surface area contributed by atoms with Crippen LogP contribution in [0.5, 0.6) is 0 Å². The molecule has 25 heavy (non-hydrogen) atoms. The number of rotatable bonds is 6. The van der Waals surface area contributed by atoms with Crippen molar-refractivity contribution >= 4 is 18.3 Å². The van der Waals surface area contributed by atoms with Crippen molar-refractivity contribution < 1.29 is 9.18 Å². The number of nitrogens with one attached hydrogen (secondary N) is 1. The molecule has 2 atom stereocenters. The van der Waals surface area contributed by atoms with Gasteiger partial charge in [0.15, 0.2) is 0 Å². The van der Waals surface area contributed by atoms with Crippen LogP contribution in [-0.4, -0.2) is 5.91 Å². The normalized spacial score (nSPS) is 16.2. The lowest BCUT2D eigenvalue weighted by Crippen LogP contribution is -2.37. The Kier molecular flexibility index (Phi) is 6.97. The summed E-state index contributed by atoms with van der Waals surface area (Å²) < 4.78 is 13.2. The van der Waals surface area contributed by atoms with Gasteiger partial charge in [-0.3, -0.25) is 4.79 Å². The Labute approximate surface area is 154 Å². The highest BCUT2D eigenvalue weighted by molar-refractivity contribution is 5.85. The number of halogens is 2. The van der Waals surface area contributed by atoms with Crippen LogP contribution >= 0.6 is 12.4 Å². The van der Waals surface area contributed by atoms with Gasteiger partial charge >= 0.3 is 0 Å². The molecule has 0 aliphatic heterocycles. The topological polar surface area (TPSA) is 55.1 Å². The number of nitrogens with two attached hydrogens (primary N) is 1. The fourth-order valence-electron chi connectivity index (χ4n) is 3.17. The lowest BCUT2D eigenvalue weighted by molar-refractivity contribution is -0.122. The maximum absolute atomic E-state index is 13.2. The molecule has 1 amide bonds. The van der Waals surface area contributed by atoms with Gasteiger partial charge < -0.3 is 11.1 Å². The molecule has 1 fully saturated rings. The molecule has 0 spiro atoms. The molecule has 0 radical (unpaired) electrons. The molecule has 5 heteroatoms. The molecular formula is C20H24ClFN2O. The molecule has 0 heterocycles.